The first-order valence-corrected chi connectivity index (χ1v) is 5.86. The molecule has 2 atom stereocenters. The Morgan fingerprint density at radius 3 is 2.59 bits per heavy atom. The summed E-state index contributed by atoms with van der Waals surface area (Å²) in [6.45, 7) is 2.52. The van der Waals surface area contributed by atoms with Gasteiger partial charge in [-0.2, -0.15) is 13.2 Å². The van der Waals surface area contributed by atoms with E-state index in [1.165, 1.54) is 0 Å². The molecule has 0 amide bonds. The van der Waals surface area contributed by atoms with Gasteiger partial charge in [-0.1, -0.05) is 24.3 Å². The number of hydrogen-bond acceptors (Lipinski definition) is 1. The largest absolute Gasteiger partial charge is 0.393 e. The summed E-state index contributed by atoms with van der Waals surface area (Å²) in [5, 5.41) is 3.01. The van der Waals surface area contributed by atoms with E-state index in [1.54, 1.807) is 12.1 Å². The Balaban J connectivity index is 2.32. The predicted molar refractivity (Wildman–Crippen MR) is 60.7 cm³/mol. The molecule has 1 aliphatic rings. The van der Waals surface area contributed by atoms with E-state index in [4.69, 9.17) is 0 Å². The molecule has 0 aromatic heterocycles. The molecular formula is C13H16F3N. The van der Waals surface area contributed by atoms with E-state index in [0.29, 0.717) is 13.0 Å². The van der Waals surface area contributed by atoms with Crippen LogP contribution >= 0.6 is 0 Å². The Hall–Kier alpha value is -1.03. The number of aryl methyl sites for hydroxylation is 1. The van der Waals surface area contributed by atoms with E-state index < -0.39 is 18.1 Å². The Morgan fingerprint density at radius 1 is 1.24 bits per heavy atom. The summed E-state index contributed by atoms with van der Waals surface area (Å²) < 4.78 is 38.9. The second-order valence-corrected chi connectivity index (χ2v) is 4.58. The summed E-state index contributed by atoms with van der Waals surface area (Å²) in [7, 11) is 0. The number of nitrogens with one attached hydrogen (secondary N) is 1. The first kappa shape index (κ1) is 12.4. The van der Waals surface area contributed by atoms with Crippen LogP contribution in [0.15, 0.2) is 24.3 Å². The molecule has 2 unspecified atom stereocenters. The quantitative estimate of drug-likeness (QED) is 0.794. The molecule has 1 N–H and O–H groups in total. The molecule has 1 nitrogen and oxygen atoms in total. The van der Waals surface area contributed by atoms with E-state index in [1.807, 2.05) is 19.1 Å². The van der Waals surface area contributed by atoms with Crippen molar-refractivity contribution < 1.29 is 13.2 Å². The highest BCUT2D eigenvalue weighted by molar-refractivity contribution is 5.29. The molecule has 0 radical (unpaired) electrons. The molecule has 1 aliphatic heterocycles. The Morgan fingerprint density at radius 2 is 1.94 bits per heavy atom. The van der Waals surface area contributed by atoms with Gasteiger partial charge in [0.25, 0.3) is 0 Å². The summed E-state index contributed by atoms with van der Waals surface area (Å²) >= 11 is 0. The first-order chi connectivity index (χ1) is 8.00. The van der Waals surface area contributed by atoms with E-state index in [2.05, 4.69) is 5.32 Å². The maximum atomic E-state index is 13.0. The van der Waals surface area contributed by atoms with Crippen molar-refractivity contribution >= 4 is 0 Å². The minimum absolute atomic E-state index is 0.218. The number of hydrogen-bond donors (Lipinski definition) is 1. The van der Waals surface area contributed by atoms with Gasteiger partial charge in [-0.15, -0.1) is 0 Å². The molecule has 94 valence electrons. The molecule has 17 heavy (non-hydrogen) atoms. The van der Waals surface area contributed by atoms with Crippen LogP contribution in [-0.2, 0) is 0 Å². The third-order valence-corrected chi connectivity index (χ3v) is 3.40. The molecule has 0 saturated carbocycles. The van der Waals surface area contributed by atoms with Gasteiger partial charge in [0.05, 0.1) is 5.92 Å². The van der Waals surface area contributed by atoms with Gasteiger partial charge in [0, 0.05) is 6.04 Å². The molecule has 1 aromatic rings. The fourth-order valence-corrected chi connectivity index (χ4v) is 2.50. The zero-order valence-electron chi connectivity index (χ0n) is 9.72. The first-order valence-electron chi connectivity index (χ1n) is 5.86. The highest BCUT2D eigenvalue weighted by atomic mass is 19.4. The predicted octanol–water partition coefficient (Wildman–Crippen LogP) is 3.60. The molecule has 0 spiro atoms. The standard InChI is InChI=1S/C13H16F3N/c1-9-5-2-3-6-10(9)12-11(13(14,15)16)7-4-8-17-12/h2-3,5-6,11-12,17H,4,7-8H2,1H3. The molecule has 1 saturated heterocycles. The average Bonchev–Trinajstić information content (AvgIpc) is 2.28. The summed E-state index contributed by atoms with van der Waals surface area (Å²) in [5.41, 5.74) is 1.69. The SMILES string of the molecule is Cc1ccccc1C1NCCCC1C(F)(F)F. The lowest BCUT2D eigenvalue weighted by molar-refractivity contribution is -0.189. The fraction of sp³-hybridized carbons (Fsp3) is 0.538. The highest BCUT2D eigenvalue weighted by Gasteiger charge is 2.46. The summed E-state index contributed by atoms with van der Waals surface area (Å²) in [6.07, 6.45) is -3.32. The van der Waals surface area contributed by atoms with Crippen molar-refractivity contribution in [3.63, 3.8) is 0 Å². The van der Waals surface area contributed by atoms with Gasteiger partial charge >= 0.3 is 6.18 Å². The van der Waals surface area contributed by atoms with Crippen LogP contribution < -0.4 is 5.32 Å². The second kappa shape index (κ2) is 4.69. The lowest BCUT2D eigenvalue weighted by atomic mass is 9.84. The van der Waals surface area contributed by atoms with E-state index >= 15 is 0 Å². The van der Waals surface area contributed by atoms with Crippen LogP contribution in [0.25, 0.3) is 0 Å². The van der Waals surface area contributed by atoms with Crippen LogP contribution in [0, 0.1) is 12.8 Å². The van der Waals surface area contributed by atoms with E-state index in [-0.39, 0.29) is 6.42 Å². The van der Waals surface area contributed by atoms with Crippen molar-refractivity contribution in [2.45, 2.75) is 32.0 Å². The van der Waals surface area contributed by atoms with Gasteiger partial charge in [0.1, 0.15) is 0 Å². The Labute approximate surface area is 99.0 Å². The Kier molecular flexibility index (Phi) is 3.43. The van der Waals surface area contributed by atoms with E-state index in [0.717, 1.165) is 11.1 Å². The van der Waals surface area contributed by atoms with Crippen molar-refractivity contribution in [1.82, 2.24) is 5.32 Å². The minimum atomic E-state index is -4.12. The lowest BCUT2D eigenvalue weighted by Crippen LogP contribution is -2.41. The van der Waals surface area contributed by atoms with Crippen LogP contribution in [0.1, 0.15) is 30.0 Å². The number of rotatable bonds is 1. The van der Waals surface area contributed by atoms with Crippen molar-refractivity contribution in [2.24, 2.45) is 5.92 Å². The van der Waals surface area contributed by atoms with Gasteiger partial charge in [-0.05, 0) is 37.4 Å². The van der Waals surface area contributed by atoms with Crippen molar-refractivity contribution in [3.8, 4) is 0 Å². The maximum Gasteiger partial charge on any atom is 0.393 e. The molecule has 1 aromatic carbocycles. The van der Waals surface area contributed by atoms with E-state index in [9.17, 15) is 13.2 Å². The highest BCUT2D eigenvalue weighted by Crippen LogP contribution is 2.41. The van der Waals surface area contributed by atoms with Crippen LogP contribution in [0.3, 0.4) is 0 Å². The maximum absolute atomic E-state index is 13.0. The van der Waals surface area contributed by atoms with Gasteiger partial charge in [-0.25, -0.2) is 0 Å². The Bertz CT molecular complexity index is 386. The molecule has 0 bridgehead atoms. The van der Waals surface area contributed by atoms with Gasteiger partial charge in [0.2, 0.25) is 0 Å². The zero-order valence-corrected chi connectivity index (χ0v) is 9.72. The summed E-state index contributed by atoms with van der Waals surface area (Å²) in [6, 6.07) is 6.71. The van der Waals surface area contributed by atoms with Crippen molar-refractivity contribution in [3.05, 3.63) is 35.4 Å². The molecule has 1 fully saturated rings. The van der Waals surface area contributed by atoms with Gasteiger partial charge < -0.3 is 5.32 Å². The minimum Gasteiger partial charge on any atom is -0.309 e. The van der Waals surface area contributed by atoms with Crippen molar-refractivity contribution in [2.75, 3.05) is 6.54 Å². The van der Waals surface area contributed by atoms with Crippen LogP contribution in [0.5, 0.6) is 0 Å². The van der Waals surface area contributed by atoms with Gasteiger partial charge in [-0.3, -0.25) is 0 Å². The number of piperidine rings is 1. The lowest BCUT2D eigenvalue weighted by Gasteiger charge is -2.35. The molecule has 4 heteroatoms. The second-order valence-electron chi connectivity index (χ2n) is 4.58. The summed E-state index contributed by atoms with van der Waals surface area (Å²) in [5.74, 6) is -1.27. The fourth-order valence-electron chi connectivity index (χ4n) is 2.50. The van der Waals surface area contributed by atoms with Crippen LogP contribution in [0.4, 0.5) is 13.2 Å². The number of alkyl halides is 3. The number of halogens is 3. The van der Waals surface area contributed by atoms with Crippen molar-refractivity contribution in [1.29, 1.82) is 0 Å². The summed E-state index contributed by atoms with van der Waals surface area (Å²) in [4.78, 5) is 0. The van der Waals surface area contributed by atoms with Crippen LogP contribution in [-0.4, -0.2) is 12.7 Å². The third-order valence-electron chi connectivity index (χ3n) is 3.40. The molecule has 2 rings (SSSR count). The smallest absolute Gasteiger partial charge is 0.309 e. The third kappa shape index (κ3) is 2.63. The number of benzene rings is 1. The normalized spacial score (nSPS) is 25.9. The molecule has 0 aliphatic carbocycles. The molecule has 1 heterocycles. The molecular weight excluding hydrogens is 227 g/mol. The van der Waals surface area contributed by atoms with Crippen LogP contribution in [0.2, 0.25) is 0 Å². The average molecular weight is 243 g/mol. The van der Waals surface area contributed by atoms with Gasteiger partial charge in [0.15, 0.2) is 0 Å². The monoisotopic (exact) mass is 243 g/mol. The topological polar surface area (TPSA) is 12.0 Å². The zero-order chi connectivity index (χ0) is 12.5.